The number of hydrogen-bond acceptors (Lipinski definition) is 5. The number of allylic oxidation sites excluding steroid dienone is 2. The van der Waals surface area contributed by atoms with Crippen LogP contribution in [-0.4, -0.2) is 36.7 Å². The van der Waals surface area contributed by atoms with E-state index >= 15 is 0 Å². The number of hydrogen-bond donors (Lipinski definition) is 0. The maximum Gasteiger partial charge on any atom is 0.306 e. The van der Waals surface area contributed by atoms with Crippen LogP contribution in [0.3, 0.4) is 0 Å². The lowest BCUT2D eigenvalue weighted by Gasteiger charge is -2.42. The van der Waals surface area contributed by atoms with Crippen molar-refractivity contribution in [3.63, 3.8) is 0 Å². The molecule has 138 valence electrons. The minimum atomic E-state index is -0.556. The lowest BCUT2D eigenvalue weighted by atomic mass is 9.84. The Bertz CT molecular complexity index is 457. The van der Waals surface area contributed by atoms with Gasteiger partial charge in [-0.05, 0) is 52.5 Å². The van der Waals surface area contributed by atoms with Gasteiger partial charge in [-0.2, -0.15) is 0 Å². The molecule has 2 aliphatic rings. The number of rotatable bonds is 8. The molecule has 24 heavy (non-hydrogen) atoms. The maximum absolute atomic E-state index is 11.6. The van der Waals surface area contributed by atoms with Gasteiger partial charge in [0.2, 0.25) is 0 Å². The third-order valence-corrected chi connectivity index (χ3v) is 4.70. The van der Waals surface area contributed by atoms with Crippen molar-refractivity contribution >= 4 is 5.97 Å². The highest BCUT2D eigenvalue weighted by Gasteiger charge is 2.49. The molecule has 0 aromatic heterocycles. The van der Waals surface area contributed by atoms with Gasteiger partial charge in [-0.3, -0.25) is 4.79 Å². The first-order chi connectivity index (χ1) is 11.4. The summed E-state index contributed by atoms with van der Waals surface area (Å²) in [7, 11) is 0. The van der Waals surface area contributed by atoms with E-state index in [0.717, 1.165) is 37.9 Å². The topological polar surface area (TPSA) is 54.0 Å². The zero-order chi connectivity index (χ0) is 17.6. The van der Waals surface area contributed by atoms with E-state index in [-0.39, 0.29) is 17.7 Å². The van der Waals surface area contributed by atoms with Crippen LogP contribution in [0.1, 0.15) is 72.6 Å². The average Bonchev–Trinajstić information content (AvgIpc) is 2.92. The Kier molecular flexibility index (Phi) is 6.70. The Morgan fingerprint density at radius 3 is 2.79 bits per heavy atom. The molecule has 0 aliphatic carbocycles. The predicted molar refractivity (Wildman–Crippen MR) is 91.4 cm³/mol. The monoisotopic (exact) mass is 340 g/mol. The van der Waals surface area contributed by atoms with Crippen molar-refractivity contribution < 1.29 is 23.7 Å². The summed E-state index contributed by atoms with van der Waals surface area (Å²) in [6.07, 6.45) is 8.01. The molecule has 0 spiro atoms. The van der Waals surface area contributed by atoms with Crippen molar-refractivity contribution in [2.75, 3.05) is 13.2 Å². The lowest BCUT2D eigenvalue weighted by molar-refractivity contribution is -0.181. The zero-order valence-electron chi connectivity index (χ0n) is 15.6. The van der Waals surface area contributed by atoms with E-state index in [1.165, 1.54) is 0 Å². The summed E-state index contributed by atoms with van der Waals surface area (Å²) in [5.74, 6) is 0.159. The summed E-state index contributed by atoms with van der Waals surface area (Å²) in [4.78, 5) is 11.6. The summed E-state index contributed by atoms with van der Waals surface area (Å²) in [5, 5.41) is 0. The fourth-order valence-corrected chi connectivity index (χ4v) is 3.43. The summed E-state index contributed by atoms with van der Waals surface area (Å²) < 4.78 is 23.4. The van der Waals surface area contributed by atoms with Crippen LogP contribution in [0.5, 0.6) is 0 Å². The summed E-state index contributed by atoms with van der Waals surface area (Å²) in [6, 6.07) is 0. The Hall–Kier alpha value is -1.07. The number of carbonyl (C=O) groups excluding carboxylic acids is 1. The van der Waals surface area contributed by atoms with Gasteiger partial charge in [0.1, 0.15) is 11.7 Å². The molecule has 0 N–H and O–H groups in total. The van der Waals surface area contributed by atoms with Crippen LogP contribution in [0.15, 0.2) is 11.8 Å². The van der Waals surface area contributed by atoms with Crippen LogP contribution in [0.2, 0.25) is 0 Å². The molecule has 0 radical (unpaired) electrons. The molecule has 0 aromatic rings. The van der Waals surface area contributed by atoms with Gasteiger partial charge in [0.15, 0.2) is 5.79 Å². The third-order valence-electron chi connectivity index (χ3n) is 4.70. The molecule has 2 atom stereocenters. The molecular weight excluding hydrogens is 308 g/mol. The molecule has 5 nitrogen and oxygen atoms in total. The van der Waals surface area contributed by atoms with Crippen molar-refractivity contribution in [3.05, 3.63) is 11.8 Å². The van der Waals surface area contributed by atoms with Crippen molar-refractivity contribution in [3.8, 4) is 0 Å². The highest BCUT2D eigenvalue weighted by atomic mass is 16.8. The van der Waals surface area contributed by atoms with E-state index in [1.807, 2.05) is 20.8 Å². The fourth-order valence-electron chi connectivity index (χ4n) is 3.43. The Morgan fingerprint density at radius 2 is 2.17 bits per heavy atom. The van der Waals surface area contributed by atoms with Crippen molar-refractivity contribution in [2.45, 2.75) is 90.1 Å². The van der Waals surface area contributed by atoms with E-state index in [2.05, 4.69) is 13.0 Å². The Balaban J connectivity index is 2.03. The molecule has 0 saturated carbocycles. The van der Waals surface area contributed by atoms with Gasteiger partial charge in [0, 0.05) is 6.42 Å². The van der Waals surface area contributed by atoms with Gasteiger partial charge in [-0.1, -0.05) is 13.3 Å². The largest absolute Gasteiger partial charge is 0.489 e. The molecule has 2 heterocycles. The molecule has 2 aliphatic heterocycles. The predicted octanol–water partition coefficient (Wildman–Crippen LogP) is 4.10. The number of unbranched alkanes of at least 4 members (excludes halogenated alkanes) is 1. The zero-order valence-corrected chi connectivity index (χ0v) is 15.6. The molecule has 2 rings (SSSR count). The van der Waals surface area contributed by atoms with Crippen LogP contribution >= 0.6 is 0 Å². The second-order valence-electron chi connectivity index (χ2n) is 7.10. The first-order valence-corrected chi connectivity index (χ1v) is 9.26. The van der Waals surface area contributed by atoms with E-state index in [9.17, 15) is 4.79 Å². The van der Waals surface area contributed by atoms with Crippen molar-refractivity contribution in [1.82, 2.24) is 0 Å². The average molecular weight is 340 g/mol. The lowest BCUT2D eigenvalue weighted by Crippen LogP contribution is -2.48. The van der Waals surface area contributed by atoms with Gasteiger partial charge in [0.25, 0.3) is 0 Å². The highest BCUT2D eigenvalue weighted by Crippen LogP contribution is 2.41. The Morgan fingerprint density at radius 1 is 1.38 bits per heavy atom. The van der Waals surface area contributed by atoms with E-state index in [4.69, 9.17) is 18.9 Å². The Labute approximate surface area is 145 Å². The van der Waals surface area contributed by atoms with Crippen LogP contribution in [0.4, 0.5) is 0 Å². The van der Waals surface area contributed by atoms with Gasteiger partial charge in [-0.25, -0.2) is 0 Å². The van der Waals surface area contributed by atoms with Gasteiger partial charge in [-0.15, -0.1) is 0 Å². The molecule has 1 saturated heterocycles. The second-order valence-corrected chi connectivity index (χ2v) is 7.10. The normalized spacial score (nSPS) is 29.0. The molecule has 5 heteroatoms. The van der Waals surface area contributed by atoms with Crippen LogP contribution in [-0.2, 0) is 23.7 Å². The van der Waals surface area contributed by atoms with Crippen molar-refractivity contribution in [2.24, 2.45) is 0 Å². The standard InChI is InChI=1S/C19H32O5/c1-5-7-12-19(16-14-22-18(3,4)24-16)13-8-9-15(23-19)10-11-17(20)21-6-2/h9,16H,5-8,10-14H2,1-4H3/t16-,19+/m0/s1. The SMILES string of the molecule is CCCC[C@]1([C@@H]2COC(C)(C)O2)CCC=C(CCC(=O)OCC)O1. The van der Waals surface area contributed by atoms with E-state index < -0.39 is 5.79 Å². The second kappa shape index (κ2) is 8.34. The van der Waals surface area contributed by atoms with Crippen LogP contribution in [0, 0.1) is 0 Å². The highest BCUT2D eigenvalue weighted by molar-refractivity contribution is 5.69. The van der Waals surface area contributed by atoms with Gasteiger partial charge < -0.3 is 18.9 Å². The first kappa shape index (κ1) is 19.3. The molecular formula is C19H32O5. The minimum Gasteiger partial charge on any atom is -0.489 e. The number of ether oxygens (including phenoxy) is 4. The maximum atomic E-state index is 11.6. The molecule has 0 aromatic carbocycles. The quantitative estimate of drug-likeness (QED) is 0.623. The number of carbonyl (C=O) groups is 1. The van der Waals surface area contributed by atoms with Gasteiger partial charge >= 0.3 is 5.97 Å². The van der Waals surface area contributed by atoms with Crippen molar-refractivity contribution in [1.29, 1.82) is 0 Å². The number of esters is 1. The molecule has 0 unspecified atom stereocenters. The van der Waals surface area contributed by atoms with Crippen LogP contribution < -0.4 is 0 Å². The molecule has 0 amide bonds. The first-order valence-electron chi connectivity index (χ1n) is 9.26. The minimum absolute atomic E-state index is 0.0645. The molecule has 0 bridgehead atoms. The fraction of sp³-hybridized carbons (Fsp3) is 0.842. The smallest absolute Gasteiger partial charge is 0.306 e. The van der Waals surface area contributed by atoms with E-state index in [0.29, 0.717) is 26.1 Å². The summed E-state index contributed by atoms with van der Waals surface area (Å²) in [5.41, 5.74) is -0.345. The third kappa shape index (κ3) is 4.96. The van der Waals surface area contributed by atoms with E-state index in [1.54, 1.807) is 0 Å². The summed E-state index contributed by atoms with van der Waals surface area (Å²) >= 11 is 0. The van der Waals surface area contributed by atoms with Gasteiger partial charge in [0.05, 0.1) is 25.4 Å². The van der Waals surface area contributed by atoms with Crippen LogP contribution in [0.25, 0.3) is 0 Å². The summed E-state index contributed by atoms with van der Waals surface area (Å²) in [6.45, 7) is 8.87. The molecule has 1 fully saturated rings.